The number of fused-ring (bicyclic) bond motifs is 1. The molecule has 1 aromatic heterocycles. The first-order valence-corrected chi connectivity index (χ1v) is 11.0. The Balaban J connectivity index is 1.63. The fourth-order valence-corrected chi connectivity index (χ4v) is 5.01. The second kappa shape index (κ2) is 8.87. The lowest BCUT2D eigenvalue weighted by Gasteiger charge is -2.33. The van der Waals surface area contributed by atoms with Crippen molar-refractivity contribution in [3.05, 3.63) is 33.1 Å². The van der Waals surface area contributed by atoms with Crippen molar-refractivity contribution < 1.29 is 14.5 Å². The molecule has 1 atom stereocenters. The molecule has 10 heteroatoms. The summed E-state index contributed by atoms with van der Waals surface area (Å²) in [5, 5.41) is 10.9. The maximum atomic E-state index is 12.3. The third kappa shape index (κ3) is 4.61. The molecule has 8 nitrogen and oxygen atoms in total. The molecule has 1 unspecified atom stereocenters. The second-order valence-electron chi connectivity index (χ2n) is 6.78. The van der Waals surface area contributed by atoms with Crippen LogP contribution in [0, 0.1) is 10.1 Å². The molecule has 1 aromatic carbocycles. The van der Waals surface area contributed by atoms with Crippen LogP contribution in [0.25, 0.3) is 10.2 Å². The van der Waals surface area contributed by atoms with Gasteiger partial charge in [-0.05, 0) is 32.3 Å². The highest BCUT2D eigenvalue weighted by Crippen LogP contribution is 2.22. The minimum absolute atomic E-state index is 0.00763. The predicted molar refractivity (Wildman–Crippen MR) is 110 cm³/mol. The van der Waals surface area contributed by atoms with E-state index in [1.54, 1.807) is 17.7 Å². The Hall–Kier alpha value is -2.20. The number of nitrogens with zero attached hydrogens (tertiary/aromatic N) is 4. The molecule has 28 heavy (non-hydrogen) atoms. The highest BCUT2D eigenvalue weighted by Gasteiger charge is 2.22. The van der Waals surface area contributed by atoms with Crippen LogP contribution < -0.4 is 4.80 Å². The molecule has 1 saturated heterocycles. The van der Waals surface area contributed by atoms with Crippen molar-refractivity contribution in [1.29, 1.82) is 0 Å². The Morgan fingerprint density at radius 3 is 2.86 bits per heavy atom. The van der Waals surface area contributed by atoms with Crippen molar-refractivity contribution in [1.82, 2.24) is 9.47 Å². The van der Waals surface area contributed by atoms with E-state index >= 15 is 0 Å². The first-order chi connectivity index (χ1) is 13.4. The van der Waals surface area contributed by atoms with Gasteiger partial charge in [0.25, 0.3) is 11.6 Å². The first kappa shape index (κ1) is 20.5. The van der Waals surface area contributed by atoms with Gasteiger partial charge in [-0.25, -0.2) is 0 Å². The molecule has 1 aliphatic heterocycles. The topological polar surface area (TPSA) is 97.8 Å². The van der Waals surface area contributed by atoms with E-state index in [1.807, 2.05) is 4.90 Å². The Morgan fingerprint density at radius 1 is 1.36 bits per heavy atom. The lowest BCUT2D eigenvalue weighted by molar-refractivity contribution is -0.384. The molecule has 0 spiro atoms. The Bertz CT molecular complexity index is 982. The van der Waals surface area contributed by atoms with Gasteiger partial charge in [0, 0.05) is 31.8 Å². The van der Waals surface area contributed by atoms with Crippen LogP contribution in [0.15, 0.2) is 23.2 Å². The molecule has 1 fully saturated rings. The van der Waals surface area contributed by atoms with Crippen molar-refractivity contribution in [2.24, 2.45) is 12.0 Å². The summed E-state index contributed by atoms with van der Waals surface area (Å²) in [5.41, 5.74) is 0.789. The highest BCUT2D eigenvalue weighted by atomic mass is 32.2. The number of benzene rings is 1. The highest BCUT2D eigenvalue weighted by molar-refractivity contribution is 8.00. The van der Waals surface area contributed by atoms with E-state index in [9.17, 15) is 19.7 Å². The maximum absolute atomic E-state index is 12.3. The van der Waals surface area contributed by atoms with E-state index < -0.39 is 4.92 Å². The number of likely N-dealkylation sites (tertiary alicyclic amines) is 1. The number of nitro benzene ring substituents is 1. The minimum Gasteiger partial charge on any atom is -0.339 e. The van der Waals surface area contributed by atoms with E-state index in [0.29, 0.717) is 9.50 Å². The van der Waals surface area contributed by atoms with E-state index in [4.69, 9.17) is 0 Å². The Labute approximate surface area is 170 Å². The van der Waals surface area contributed by atoms with Gasteiger partial charge in [0.2, 0.25) is 5.91 Å². The third-order valence-electron chi connectivity index (χ3n) is 4.80. The van der Waals surface area contributed by atoms with Gasteiger partial charge in [0.1, 0.15) is 0 Å². The van der Waals surface area contributed by atoms with Crippen LogP contribution in [0.2, 0.25) is 0 Å². The molecule has 2 heterocycles. The number of nitro groups is 1. The molecular weight excluding hydrogens is 400 g/mol. The second-order valence-corrected chi connectivity index (χ2v) is 8.78. The average Bonchev–Trinajstić information content (AvgIpc) is 2.97. The van der Waals surface area contributed by atoms with Crippen molar-refractivity contribution >= 4 is 50.8 Å². The van der Waals surface area contributed by atoms with Gasteiger partial charge in [-0.3, -0.25) is 19.7 Å². The van der Waals surface area contributed by atoms with Crippen molar-refractivity contribution in [2.75, 3.05) is 18.1 Å². The molecule has 1 aliphatic rings. The average molecular weight is 423 g/mol. The lowest BCUT2D eigenvalue weighted by Crippen LogP contribution is -2.43. The number of thioether (sulfide) groups is 1. The quantitative estimate of drug-likeness (QED) is 0.545. The van der Waals surface area contributed by atoms with Gasteiger partial charge in [-0.15, -0.1) is 11.8 Å². The van der Waals surface area contributed by atoms with E-state index in [2.05, 4.69) is 11.9 Å². The molecule has 0 N–H and O–H groups in total. The summed E-state index contributed by atoms with van der Waals surface area (Å²) in [6.07, 6.45) is 3.23. The molecule has 3 rings (SSSR count). The number of hydrogen-bond acceptors (Lipinski definition) is 6. The number of piperidine rings is 1. The summed E-state index contributed by atoms with van der Waals surface area (Å²) in [6, 6.07) is 4.84. The maximum Gasteiger partial charge on any atom is 0.270 e. The van der Waals surface area contributed by atoms with Crippen LogP contribution in [0.5, 0.6) is 0 Å². The van der Waals surface area contributed by atoms with E-state index in [1.165, 1.54) is 35.2 Å². The first-order valence-electron chi connectivity index (χ1n) is 9.05. The van der Waals surface area contributed by atoms with E-state index in [-0.39, 0.29) is 35.0 Å². The van der Waals surface area contributed by atoms with Crippen LogP contribution in [0.1, 0.15) is 26.2 Å². The van der Waals surface area contributed by atoms with Gasteiger partial charge >= 0.3 is 0 Å². The lowest BCUT2D eigenvalue weighted by atomic mass is 10.0. The number of amides is 2. The summed E-state index contributed by atoms with van der Waals surface area (Å²) in [4.78, 5) is 41.5. The van der Waals surface area contributed by atoms with Crippen molar-refractivity contribution in [2.45, 2.75) is 32.2 Å². The van der Waals surface area contributed by atoms with Crippen LogP contribution in [0.4, 0.5) is 5.69 Å². The summed E-state index contributed by atoms with van der Waals surface area (Å²) in [7, 11) is 1.77. The molecule has 0 saturated carbocycles. The number of carbonyl (C=O) groups excluding carboxylic acids is 2. The van der Waals surface area contributed by atoms with Gasteiger partial charge in [0.05, 0.1) is 26.6 Å². The summed E-state index contributed by atoms with van der Waals surface area (Å²) < 4.78 is 2.44. The fraction of sp³-hybridized carbons (Fsp3) is 0.500. The minimum atomic E-state index is -0.446. The third-order valence-corrected chi connectivity index (χ3v) is 6.80. The number of non-ortho nitro benzene ring substituents is 1. The Morgan fingerprint density at radius 2 is 2.14 bits per heavy atom. The zero-order chi connectivity index (χ0) is 20.3. The Kier molecular flexibility index (Phi) is 6.50. The van der Waals surface area contributed by atoms with Gasteiger partial charge < -0.3 is 9.47 Å². The van der Waals surface area contributed by atoms with Crippen LogP contribution in [-0.4, -0.2) is 50.3 Å². The van der Waals surface area contributed by atoms with Crippen LogP contribution in [-0.2, 0) is 16.6 Å². The van der Waals surface area contributed by atoms with Gasteiger partial charge in [-0.2, -0.15) is 4.99 Å². The normalized spacial score (nSPS) is 17.9. The number of carbonyl (C=O) groups is 2. The summed E-state index contributed by atoms with van der Waals surface area (Å²) in [5.74, 6) is 0.157. The van der Waals surface area contributed by atoms with Gasteiger partial charge in [0.15, 0.2) is 4.80 Å². The molecule has 2 aromatic rings. The standard InChI is InChI=1S/C18H22N4O4S2/c1-12-5-3-4-8-21(12)17(24)11-27-10-16(23)19-18-20(2)14-7-6-13(22(25)26)9-15(14)28-18/h6-7,9,12H,3-5,8,10-11H2,1-2H3. The number of aromatic nitrogens is 1. The molecule has 0 aliphatic carbocycles. The van der Waals surface area contributed by atoms with Crippen molar-refractivity contribution in [3.8, 4) is 0 Å². The summed E-state index contributed by atoms with van der Waals surface area (Å²) in [6.45, 7) is 2.86. The predicted octanol–water partition coefficient (Wildman–Crippen LogP) is 2.71. The molecule has 150 valence electrons. The molecule has 0 radical (unpaired) electrons. The molecular formula is C18H22N4O4S2. The number of thiazole rings is 1. The number of hydrogen-bond donors (Lipinski definition) is 0. The van der Waals surface area contributed by atoms with Crippen LogP contribution >= 0.6 is 23.1 Å². The number of aryl methyl sites for hydroxylation is 1. The largest absolute Gasteiger partial charge is 0.339 e. The van der Waals surface area contributed by atoms with Gasteiger partial charge in [-0.1, -0.05) is 11.3 Å². The fourth-order valence-electron chi connectivity index (χ4n) is 3.26. The smallest absolute Gasteiger partial charge is 0.270 e. The molecule has 0 bridgehead atoms. The zero-order valence-electron chi connectivity index (χ0n) is 15.8. The zero-order valence-corrected chi connectivity index (χ0v) is 17.4. The van der Waals surface area contributed by atoms with Crippen molar-refractivity contribution in [3.63, 3.8) is 0 Å². The van der Waals surface area contributed by atoms with E-state index in [0.717, 1.165) is 31.3 Å². The number of rotatable bonds is 5. The SMILES string of the molecule is CC1CCCCN1C(=O)CSCC(=O)N=c1sc2cc([N+](=O)[O-])ccc2n1C. The summed E-state index contributed by atoms with van der Waals surface area (Å²) >= 11 is 2.51. The molecule has 2 amide bonds. The van der Waals surface area contributed by atoms with Crippen LogP contribution in [0.3, 0.4) is 0 Å². The monoisotopic (exact) mass is 422 g/mol.